The van der Waals surface area contributed by atoms with Crippen molar-refractivity contribution in [2.75, 3.05) is 0 Å². The first-order valence-corrected chi connectivity index (χ1v) is 8.65. The Hall–Kier alpha value is 0.570. The molecule has 0 aliphatic heterocycles. The number of halogens is 2. The third-order valence-corrected chi connectivity index (χ3v) is 7.71. The van der Waals surface area contributed by atoms with Gasteiger partial charge in [0.25, 0.3) is 10.0 Å². The monoisotopic (exact) mass is 389 g/mol. The van der Waals surface area contributed by atoms with Crippen LogP contribution < -0.4 is 4.72 Å². The Kier molecular flexibility index (Phi) is 4.62. The van der Waals surface area contributed by atoms with E-state index in [1.165, 1.54) is 11.3 Å². The standard InChI is InChI=1S/C9H13Br2NO2S2/c1-6(10)9(2,3)12-16(13,14)8-7(11)4-5-15-8/h4-6,12H,1-3H3. The molecule has 3 nitrogen and oxygen atoms in total. The molecule has 0 aromatic carbocycles. The zero-order valence-corrected chi connectivity index (χ0v) is 13.9. The summed E-state index contributed by atoms with van der Waals surface area (Å²) in [6, 6.07) is 1.73. The molecule has 0 saturated carbocycles. The molecule has 1 aromatic rings. The molecule has 0 amide bonds. The van der Waals surface area contributed by atoms with Gasteiger partial charge in [-0.3, -0.25) is 0 Å². The number of hydrogen-bond acceptors (Lipinski definition) is 3. The number of nitrogens with one attached hydrogen (secondary N) is 1. The number of rotatable bonds is 4. The molecule has 1 rings (SSSR count). The van der Waals surface area contributed by atoms with Gasteiger partial charge < -0.3 is 0 Å². The lowest BCUT2D eigenvalue weighted by Crippen LogP contribution is -2.48. The molecule has 0 fully saturated rings. The molecule has 1 aromatic heterocycles. The molecule has 0 aliphatic carbocycles. The van der Waals surface area contributed by atoms with Gasteiger partial charge in [-0.25, -0.2) is 13.1 Å². The molecular formula is C9H13Br2NO2S2. The molecule has 0 radical (unpaired) electrons. The number of sulfonamides is 1. The molecule has 0 spiro atoms. The van der Waals surface area contributed by atoms with Gasteiger partial charge in [0.2, 0.25) is 0 Å². The maximum atomic E-state index is 12.1. The van der Waals surface area contributed by atoms with Crippen molar-refractivity contribution in [2.24, 2.45) is 0 Å². The zero-order chi connectivity index (χ0) is 12.6. The Balaban J connectivity index is 3.03. The van der Waals surface area contributed by atoms with Gasteiger partial charge in [0.15, 0.2) is 0 Å². The Morgan fingerprint density at radius 2 is 2.06 bits per heavy atom. The van der Waals surface area contributed by atoms with Crippen molar-refractivity contribution < 1.29 is 8.42 Å². The van der Waals surface area contributed by atoms with Crippen LogP contribution in [0.25, 0.3) is 0 Å². The summed E-state index contributed by atoms with van der Waals surface area (Å²) in [5, 5.41) is 1.74. The summed E-state index contributed by atoms with van der Waals surface area (Å²) < 4.78 is 27.8. The van der Waals surface area contributed by atoms with Crippen LogP contribution in [0.5, 0.6) is 0 Å². The summed E-state index contributed by atoms with van der Waals surface area (Å²) >= 11 is 7.82. The molecule has 1 atom stereocenters. The van der Waals surface area contributed by atoms with E-state index in [2.05, 4.69) is 36.6 Å². The third-order valence-electron chi connectivity index (χ3n) is 2.22. The highest BCUT2D eigenvalue weighted by atomic mass is 79.9. The third kappa shape index (κ3) is 3.29. The summed E-state index contributed by atoms with van der Waals surface area (Å²) in [5.74, 6) is 0. The quantitative estimate of drug-likeness (QED) is 0.801. The van der Waals surface area contributed by atoms with E-state index in [-0.39, 0.29) is 4.83 Å². The average Bonchev–Trinajstić information content (AvgIpc) is 2.49. The van der Waals surface area contributed by atoms with Gasteiger partial charge >= 0.3 is 0 Å². The molecular weight excluding hydrogens is 378 g/mol. The van der Waals surface area contributed by atoms with Crippen LogP contribution in [-0.4, -0.2) is 18.8 Å². The smallest absolute Gasteiger partial charge is 0.206 e. The molecule has 1 N–H and O–H groups in total. The second-order valence-corrected chi connectivity index (χ2v) is 9.02. The van der Waals surface area contributed by atoms with Gasteiger partial charge in [-0.1, -0.05) is 22.9 Å². The Morgan fingerprint density at radius 1 is 1.50 bits per heavy atom. The van der Waals surface area contributed by atoms with Gasteiger partial charge in [-0.15, -0.1) is 11.3 Å². The second kappa shape index (κ2) is 5.06. The average molecular weight is 391 g/mol. The minimum atomic E-state index is -3.46. The second-order valence-electron chi connectivity index (χ2n) is 4.00. The maximum absolute atomic E-state index is 12.1. The van der Waals surface area contributed by atoms with E-state index in [4.69, 9.17) is 0 Å². The van der Waals surface area contributed by atoms with Crippen LogP contribution in [0.4, 0.5) is 0 Å². The number of hydrogen-bond donors (Lipinski definition) is 1. The first-order chi connectivity index (χ1) is 7.17. The van der Waals surface area contributed by atoms with E-state index >= 15 is 0 Å². The van der Waals surface area contributed by atoms with E-state index in [1.807, 2.05) is 20.8 Å². The summed E-state index contributed by atoms with van der Waals surface area (Å²) in [7, 11) is -3.46. The van der Waals surface area contributed by atoms with Crippen molar-refractivity contribution in [1.82, 2.24) is 4.72 Å². The Bertz CT molecular complexity index is 466. The van der Waals surface area contributed by atoms with Gasteiger partial charge in [-0.2, -0.15) is 0 Å². The van der Waals surface area contributed by atoms with Gasteiger partial charge in [0, 0.05) is 14.8 Å². The van der Waals surface area contributed by atoms with E-state index < -0.39 is 15.6 Å². The van der Waals surface area contributed by atoms with Gasteiger partial charge in [0.1, 0.15) is 4.21 Å². The molecule has 1 heterocycles. The van der Waals surface area contributed by atoms with Crippen LogP contribution in [0.1, 0.15) is 20.8 Å². The predicted molar refractivity (Wildman–Crippen MR) is 74.8 cm³/mol. The Labute approximate surface area is 117 Å². The van der Waals surface area contributed by atoms with Crippen LogP contribution in [0.3, 0.4) is 0 Å². The fraction of sp³-hybridized carbons (Fsp3) is 0.556. The highest BCUT2D eigenvalue weighted by molar-refractivity contribution is 9.10. The molecule has 0 bridgehead atoms. The van der Waals surface area contributed by atoms with Crippen LogP contribution in [0, 0.1) is 0 Å². The topological polar surface area (TPSA) is 46.2 Å². The zero-order valence-electron chi connectivity index (χ0n) is 9.12. The summed E-state index contributed by atoms with van der Waals surface area (Å²) in [5.41, 5.74) is -0.539. The fourth-order valence-electron chi connectivity index (χ4n) is 0.945. The van der Waals surface area contributed by atoms with Crippen LogP contribution in [-0.2, 0) is 10.0 Å². The maximum Gasteiger partial charge on any atom is 0.251 e. The highest BCUT2D eigenvalue weighted by Gasteiger charge is 2.31. The molecule has 0 aliphatic rings. The van der Waals surface area contributed by atoms with Crippen molar-refractivity contribution in [3.8, 4) is 0 Å². The normalized spacial score (nSPS) is 15.1. The highest BCUT2D eigenvalue weighted by Crippen LogP contribution is 2.29. The molecule has 7 heteroatoms. The van der Waals surface area contributed by atoms with Crippen LogP contribution in [0.2, 0.25) is 0 Å². The predicted octanol–water partition coefficient (Wildman–Crippen LogP) is 3.35. The van der Waals surface area contributed by atoms with E-state index in [0.717, 1.165) is 0 Å². The molecule has 1 unspecified atom stereocenters. The lowest BCUT2D eigenvalue weighted by molar-refractivity contribution is 0.454. The van der Waals surface area contributed by atoms with Crippen molar-refractivity contribution in [1.29, 1.82) is 0 Å². The first-order valence-electron chi connectivity index (χ1n) is 4.58. The summed E-state index contributed by atoms with van der Waals surface area (Å²) in [6.45, 7) is 5.59. The van der Waals surface area contributed by atoms with Crippen LogP contribution >= 0.6 is 43.2 Å². The Morgan fingerprint density at radius 3 is 2.44 bits per heavy atom. The number of alkyl halides is 1. The lowest BCUT2D eigenvalue weighted by atomic mass is 10.0. The molecule has 16 heavy (non-hydrogen) atoms. The SMILES string of the molecule is CC(Br)C(C)(C)NS(=O)(=O)c1sccc1Br. The number of thiophene rings is 1. The lowest BCUT2D eigenvalue weighted by Gasteiger charge is -2.28. The minimum Gasteiger partial charge on any atom is -0.206 e. The van der Waals surface area contributed by atoms with Crippen molar-refractivity contribution in [3.63, 3.8) is 0 Å². The van der Waals surface area contributed by atoms with Crippen molar-refractivity contribution >= 4 is 53.2 Å². The minimum absolute atomic E-state index is 0.0357. The van der Waals surface area contributed by atoms with E-state index in [0.29, 0.717) is 8.68 Å². The van der Waals surface area contributed by atoms with Crippen molar-refractivity contribution in [3.05, 3.63) is 15.9 Å². The summed E-state index contributed by atoms with van der Waals surface area (Å²) in [4.78, 5) is 0.0357. The molecule has 0 saturated heterocycles. The van der Waals surface area contributed by atoms with Gasteiger partial charge in [-0.05, 0) is 41.2 Å². The van der Waals surface area contributed by atoms with Crippen LogP contribution in [0.15, 0.2) is 20.1 Å². The van der Waals surface area contributed by atoms with Crippen molar-refractivity contribution in [2.45, 2.75) is 35.3 Å². The van der Waals surface area contributed by atoms with E-state index in [1.54, 1.807) is 11.4 Å². The first kappa shape index (κ1) is 14.6. The molecule has 92 valence electrons. The largest absolute Gasteiger partial charge is 0.251 e. The fourth-order valence-corrected chi connectivity index (χ4v) is 5.03. The van der Waals surface area contributed by atoms with Gasteiger partial charge in [0.05, 0.1) is 0 Å². The van der Waals surface area contributed by atoms with E-state index in [9.17, 15) is 8.42 Å². The summed E-state index contributed by atoms with van der Waals surface area (Å²) in [6.07, 6.45) is 0.